The number of benzene rings is 2. The van der Waals surface area contributed by atoms with Crippen LogP contribution < -0.4 is 0 Å². The lowest BCUT2D eigenvalue weighted by Gasteiger charge is -2.21. The first kappa shape index (κ1) is 13.0. The summed E-state index contributed by atoms with van der Waals surface area (Å²) in [5.74, 6) is 0. The van der Waals surface area contributed by atoms with Gasteiger partial charge in [0.2, 0.25) is 0 Å². The van der Waals surface area contributed by atoms with Crippen molar-refractivity contribution >= 4 is 10.9 Å². The van der Waals surface area contributed by atoms with Gasteiger partial charge >= 0.3 is 0 Å². The third-order valence-electron chi connectivity index (χ3n) is 3.90. The number of nitrogens with zero attached hydrogens (tertiary/aromatic N) is 1. The molecular formula is C19H21N. The Labute approximate surface area is 120 Å². The van der Waals surface area contributed by atoms with Crippen LogP contribution in [0.5, 0.6) is 0 Å². The molecule has 1 heterocycles. The van der Waals surface area contributed by atoms with Crippen LogP contribution in [0.15, 0.2) is 54.6 Å². The molecule has 0 bridgehead atoms. The molecule has 1 heteroatoms. The van der Waals surface area contributed by atoms with Gasteiger partial charge in [-0.15, -0.1) is 0 Å². The molecule has 0 atom stereocenters. The van der Waals surface area contributed by atoms with Gasteiger partial charge < -0.3 is 4.57 Å². The predicted octanol–water partition coefficient (Wildman–Crippen LogP) is 5.14. The Balaban J connectivity index is 2.45. The summed E-state index contributed by atoms with van der Waals surface area (Å²) in [5.41, 5.74) is 5.47. The fourth-order valence-corrected chi connectivity index (χ4v) is 3.09. The van der Waals surface area contributed by atoms with Crippen molar-refractivity contribution in [1.29, 1.82) is 0 Å². The van der Waals surface area contributed by atoms with Crippen molar-refractivity contribution in [2.75, 3.05) is 0 Å². The number of fused-ring (bicyclic) bond motifs is 1. The molecular weight excluding hydrogens is 242 g/mol. The van der Waals surface area contributed by atoms with Gasteiger partial charge in [0, 0.05) is 18.0 Å². The van der Waals surface area contributed by atoms with E-state index in [2.05, 4.69) is 87.0 Å². The van der Waals surface area contributed by atoms with Crippen molar-refractivity contribution in [3.05, 3.63) is 60.2 Å². The molecule has 0 aliphatic rings. The number of aryl methyl sites for hydroxylation is 1. The zero-order valence-electron chi connectivity index (χ0n) is 12.6. The summed E-state index contributed by atoms with van der Waals surface area (Å²) >= 11 is 0. The summed E-state index contributed by atoms with van der Waals surface area (Å²) in [6.45, 7) is 6.88. The van der Waals surface area contributed by atoms with E-state index >= 15 is 0 Å². The molecule has 2 aromatic carbocycles. The highest BCUT2D eigenvalue weighted by molar-refractivity contribution is 5.92. The molecule has 0 fully saturated rings. The lowest BCUT2D eigenvalue weighted by molar-refractivity contribution is 0.595. The largest absolute Gasteiger partial charge is 0.343 e. The van der Waals surface area contributed by atoms with Crippen molar-refractivity contribution < 1.29 is 0 Å². The van der Waals surface area contributed by atoms with Gasteiger partial charge in [0.25, 0.3) is 0 Å². The van der Waals surface area contributed by atoms with Crippen molar-refractivity contribution in [3.8, 4) is 11.3 Å². The van der Waals surface area contributed by atoms with Gasteiger partial charge in [-0.25, -0.2) is 0 Å². The molecule has 1 nitrogen and oxygen atoms in total. The van der Waals surface area contributed by atoms with Crippen LogP contribution in [0.4, 0.5) is 0 Å². The van der Waals surface area contributed by atoms with Gasteiger partial charge in [-0.1, -0.05) is 69.3 Å². The highest BCUT2D eigenvalue weighted by Crippen LogP contribution is 2.40. The maximum absolute atomic E-state index is 2.32. The SMILES string of the molecule is Cn1c(-c2ccccc2)c(C(C)(C)C)c2ccccc21. The second kappa shape index (κ2) is 4.52. The molecule has 0 unspecified atom stereocenters. The number of hydrogen-bond acceptors (Lipinski definition) is 0. The van der Waals surface area contributed by atoms with E-state index in [1.807, 2.05) is 0 Å². The quantitative estimate of drug-likeness (QED) is 0.572. The first-order valence-corrected chi connectivity index (χ1v) is 7.13. The third-order valence-corrected chi connectivity index (χ3v) is 3.90. The normalized spacial score (nSPS) is 12.0. The van der Waals surface area contributed by atoms with Crippen molar-refractivity contribution in [3.63, 3.8) is 0 Å². The van der Waals surface area contributed by atoms with Crippen LogP contribution in [0.2, 0.25) is 0 Å². The topological polar surface area (TPSA) is 4.93 Å². The molecule has 3 aromatic rings. The molecule has 0 aliphatic heterocycles. The predicted molar refractivity (Wildman–Crippen MR) is 87.1 cm³/mol. The molecule has 0 saturated carbocycles. The Bertz CT molecular complexity index is 743. The van der Waals surface area contributed by atoms with Crippen LogP contribution in [-0.2, 0) is 12.5 Å². The molecule has 0 aliphatic carbocycles. The average molecular weight is 263 g/mol. The molecule has 0 amide bonds. The summed E-state index contributed by atoms with van der Waals surface area (Å²) in [6.07, 6.45) is 0. The average Bonchev–Trinajstić information content (AvgIpc) is 2.73. The van der Waals surface area contributed by atoms with E-state index < -0.39 is 0 Å². The van der Waals surface area contributed by atoms with Crippen LogP contribution in [0.25, 0.3) is 22.2 Å². The molecule has 1 aromatic heterocycles. The minimum atomic E-state index is 0.117. The van der Waals surface area contributed by atoms with Gasteiger partial charge in [0.05, 0.1) is 5.69 Å². The highest BCUT2D eigenvalue weighted by atomic mass is 15.0. The first-order chi connectivity index (χ1) is 9.50. The van der Waals surface area contributed by atoms with Gasteiger partial charge in [-0.3, -0.25) is 0 Å². The fourth-order valence-electron chi connectivity index (χ4n) is 3.09. The van der Waals surface area contributed by atoms with E-state index in [9.17, 15) is 0 Å². The van der Waals surface area contributed by atoms with E-state index in [0.717, 1.165) is 0 Å². The second-order valence-electron chi connectivity index (χ2n) is 6.42. The number of rotatable bonds is 1. The summed E-state index contributed by atoms with van der Waals surface area (Å²) in [5, 5.41) is 1.36. The van der Waals surface area contributed by atoms with Gasteiger partial charge in [-0.2, -0.15) is 0 Å². The van der Waals surface area contributed by atoms with Crippen molar-refractivity contribution in [2.24, 2.45) is 7.05 Å². The van der Waals surface area contributed by atoms with Crippen LogP contribution in [0.1, 0.15) is 26.3 Å². The van der Waals surface area contributed by atoms with Gasteiger partial charge in [0.1, 0.15) is 0 Å². The van der Waals surface area contributed by atoms with Crippen LogP contribution >= 0.6 is 0 Å². The second-order valence-corrected chi connectivity index (χ2v) is 6.42. The summed E-state index contributed by atoms with van der Waals surface area (Å²) in [7, 11) is 2.17. The van der Waals surface area contributed by atoms with Crippen molar-refractivity contribution in [2.45, 2.75) is 26.2 Å². The minimum absolute atomic E-state index is 0.117. The molecule has 102 valence electrons. The van der Waals surface area contributed by atoms with E-state index in [1.165, 1.54) is 27.7 Å². The van der Waals surface area contributed by atoms with E-state index in [4.69, 9.17) is 0 Å². The monoisotopic (exact) mass is 263 g/mol. The van der Waals surface area contributed by atoms with Crippen molar-refractivity contribution in [1.82, 2.24) is 4.57 Å². The van der Waals surface area contributed by atoms with E-state index in [0.29, 0.717) is 0 Å². The van der Waals surface area contributed by atoms with E-state index in [-0.39, 0.29) is 5.41 Å². The Hall–Kier alpha value is -2.02. The Morgan fingerprint density at radius 1 is 0.800 bits per heavy atom. The molecule has 20 heavy (non-hydrogen) atoms. The molecule has 0 spiro atoms. The molecule has 3 rings (SSSR count). The summed E-state index contributed by atoms with van der Waals surface area (Å²) in [6, 6.07) is 19.4. The molecule has 0 radical (unpaired) electrons. The number of hydrogen-bond donors (Lipinski definition) is 0. The third kappa shape index (κ3) is 1.94. The van der Waals surface area contributed by atoms with Crippen LogP contribution in [0, 0.1) is 0 Å². The lowest BCUT2D eigenvalue weighted by atomic mass is 9.83. The van der Waals surface area contributed by atoms with Gasteiger partial charge in [-0.05, 0) is 22.6 Å². The van der Waals surface area contributed by atoms with Crippen LogP contribution in [0.3, 0.4) is 0 Å². The minimum Gasteiger partial charge on any atom is -0.343 e. The zero-order chi connectivity index (χ0) is 14.3. The fraction of sp³-hybridized carbons (Fsp3) is 0.263. The summed E-state index contributed by atoms with van der Waals surface area (Å²) in [4.78, 5) is 0. The Morgan fingerprint density at radius 2 is 1.40 bits per heavy atom. The lowest BCUT2D eigenvalue weighted by Crippen LogP contribution is -2.12. The van der Waals surface area contributed by atoms with Crippen LogP contribution in [-0.4, -0.2) is 4.57 Å². The zero-order valence-corrected chi connectivity index (χ0v) is 12.6. The number of aromatic nitrogens is 1. The maximum Gasteiger partial charge on any atom is 0.0526 e. The summed E-state index contributed by atoms with van der Waals surface area (Å²) < 4.78 is 2.32. The first-order valence-electron chi connectivity index (χ1n) is 7.13. The smallest absolute Gasteiger partial charge is 0.0526 e. The number of para-hydroxylation sites is 1. The molecule has 0 N–H and O–H groups in total. The standard InChI is InChI=1S/C19H21N/c1-19(2,3)17-15-12-8-9-13-16(15)20(4)18(17)14-10-6-5-7-11-14/h5-13H,1-4H3. The Morgan fingerprint density at radius 3 is 2.05 bits per heavy atom. The maximum atomic E-state index is 2.32. The van der Waals surface area contributed by atoms with E-state index in [1.54, 1.807) is 0 Å². The van der Waals surface area contributed by atoms with Gasteiger partial charge in [0.15, 0.2) is 0 Å². The highest BCUT2D eigenvalue weighted by Gasteiger charge is 2.25. The Kier molecular flexibility index (Phi) is 2.93. The molecule has 0 saturated heterocycles.